The number of benzene rings is 1. The summed E-state index contributed by atoms with van der Waals surface area (Å²) in [6.07, 6.45) is 1.47. The summed E-state index contributed by atoms with van der Waals surface area (Å²) in [4.78, 5) is 48.7. The monoisotopic (exact) mass is 451 g/mol. The molecule has 3 amide bonds. The van der Waals surface area contributed by atoms with Gasteiger partial charge in [-0.25, -0.2) is 4.79 Å². The molecule has 4 atom stereocenters. The van der Waals surface area contributed by atoms with Crippen LogP contribution in [0.3, 0.4) is 0 Å². The summed E-state index contributed by atoms with van der Waals surface area (Å²) < 4.78 is 0. The zero-order valence-electron chi connectivity index (χ0n) is 18.3. The second kappa shape index (κ2) is 13.3. The summed E-state index contributed by atoms with van der Waals surface area (Å²) in [5.41, 5.74) is 11.6. The van der Waals surface area contributed by atoms with Gasteiger partial charge >= 0.3 is 5.97 Å². The number of carbonyl (C=O) groups is 4. The molecule has 1 aromatic rings. The van der Waals surface area contributed by atoms with Crippen molar-refractivity contribution in [2.45, 2.75) is 63.7 Å². The van der Waals surface area contributed by atoms with Crippen LogP contribution in [-0.4, -0.2) is 64.6 Å². The average Bonchev–Trinajstić information content (AvgIpc) is 2.73. The number of unbranched alkanes of at least 4 members (excludes halogenated alkanes) is 1. The Bertz CT molecular complexity index is 783. The number of phenolic OH excluding ortho intramolecular Hbond substituents is 1. The molecule has 9 N–H and O–H groups in total. The molecule has 0 aliphatic carbocycles. The fourth-order valence-electron chi connectivity index (χ4n) is 2.81. The molecule has 11 nitrogen and oxygen atoms in total. The van der Waals surface area contributed by atoms with Crippen LogP contribution in [-0.2, 0) is 25.6 Å². The van der Waals surface area contributed by atoms with Crippen molar-refractivity contribution < 1.29 is 29.4 Å². The quantitative estimate of drug-likeness (QED) is 0.185. The average molecular weight is 452 g/mol. The molecule has 0 heterocycles. The van der Waals surface area contributed by atoms with Crippen molar-refractivity contribution in [3.8, 4) is 5.75 Å². The van der Waals surface area contributed by atoms with Crippen molar-refractivity contribution in [2.24, 2.45) is 11.5 Å². The van der Waals surface area contributed by atoms with Crippen molar-refractivity contribution in [2.75, 3.05) is 6.54 Å². The van der Waals surface area contributed by atoms with Crippen LogP contribution < -0.4 is 27.4 Å². The maximum absolute atomic E-state index is 12.8. The van der Waals surface area contributed by atoms with Gasteiger partial charge in [0.15, 0.2) is 0 Å². The summed E-state index contributed by atoms with van der Waals surface area (Å²) in [5, 5.41) is 26.2. The summed E-state index contributed by atoms with van der Waals surface area (Å²) in [6, 6.07) is 2.07. The van der Waals surface area contributed by atoms with E-state index in [0.717, 1.165) is 0 Å². The highest BCUT2D eigenvalue weighted by molar-refractivity contribution is 5.93. The first kappa shape index (κ1) is 26.9. The van der Waals surface area contributed by atoms with Crippen LogP contribution in [0.1, 0.15) is 38.7 Å². The number of nitrogens with one attached hydrogen (secondary N) is 3. The van der Waals surface area contributed by atoms with E-state index >= 15 is 0 Å². The Labute approximate surface area is 186 Å². The van der Waals surface area contributed by atoms with Crippen molar-refractivity contribution in [1.82, 2.24) is 16.0 Å². The summed E-state index contributed by atoms with van der Waals surface area (Å²) >= 11 is 0. The van der Waals surface area contributed by atoms with Gasteiger partial charge in [-0.3, -0.25) is 14.4 Å². The van der Waals surface area contributed by atoms with Crippen molar-refractivity contribution >= 4 is 23.7 Å². The molecule has 32 heavy (non-hydrogen) atoms. The number of amides is 3. The van der Waals surface area contributed by atoms with E-state index in [1.165, 1.54) is 26.0 Å². The third kappa shape index (κ3) is 9.31. The molecule has 0 spiro atoms. The van der Waals surface area contributed by atoms with Gasteiger partial charge in [-0.1, -0.05) is 12.1 Å². The molecule has 0 fully saturated rings. The molecule has 0 saturated heterocycles. The van der Waals surface area contributed by atoms with Crippen LogP contribution in [0, 0.1) is 0 Å². The van der Waals surface area contributed by atoms with Crippen LogP contribution in [0.4, 0.5) is 0 Å². The van der Waals surface area contributed by atoms with Crippen LogP contribution >= 0.6 is 0 Å². The molecule has 0 radical (unpaired) electrons. The van der Waals surface area contributed by atoms with Gasteiger partial charge in [-0.2, -0.15) is 0 Å². The molecule has 0 bridgehead atoms. The largest absolute Gasteiger partial charge is 0.508 e. The predicted molar refractivity (Wildman–Crippen MR) is 117 cm³/mol. The molecule has 0 aliphatic rings. The Hall–Kier alpha value is -3.18. The molecule has 1 aromatic carbocycles. The molecule has 11 heteroatoms. The maximum atomic E-state index is 12.8. The molecule has 178 valence electrons. The van der Waals surface area contributed by atoms with Crippen LogP contribution in [0.25, 0.3) is 0 Å². The molecule has 4 unspecified atom stereocenters. The normalized spacial score (nSPS) is 14.5. The summed E-state index contributed by atoms with van der Waals surface area (Å²) in [6.45, 7) is 3.30. The first-order chi connectivity index (χ1) is 15.0. The lowest BCUT2D eigenvalue weighted by molar-refractivity contribution is -0.142. The fraction of sp³-hybridized carbons (Fsp3) is 0.524. The molecular weight excluding hydrogens is 418 g/mol. The van der Waals surface area contributed by atoms with Gasteiger partial charge in [0.1, 0.15) is 23.9 Å². The number of carboxylic acid groups (broad SMARTS) is 1. The Balaban J connectivity index is 2.82. The lowest BCUT2D eigenvalue weighted by atomic mass is 10.0. The molecular formula is C21H33N5O6. The number of rotatable bonds is 13. The minimum absolute atomic E-state index is 0.0547. The first-order valence-electron chi connectivity index (χ1n) is 10.4. The molecule has 1 rings (SSSR count). The molecule has 0 aromatic heterocycles. The standard InChI is InChI=1S/C21H33N5O6/c1-12(23)18(28)26-17(11-14-6-8-15(27)9-7-14)20(30)24-13(2)19(29)25-16(21(31)32)5-3-4-10-22/h6-9,12-13,16-17,27H,3-5,10-11,22-23H2,1-2H3,(H,24,30)(H,25,29)(H,26,28)(H,31,32). The molecule has 0 aliphatic heterocycles. The summed E-state index contributed by atoms with van der Waals surface area (Å²) in [5.74, 6) is -2.97. The van der Waals surface area contributed by atoms with Gasteiger partial charge < -0.3 is 37.6 Å². The Kier molecular flexibility index (Phi) is 11.1. The van der Waals surface area contributed by atoms with E-state index in [-0.39, 0.29) is 18.6 Å². The Morgan fingerprint density at radius 3 is 2.03 bits per heavy atom. The zero-order chi connectivity index (χ0) is 24.3. The number of phenols is 1. The van der Waals surface area contributed by atoms with Gasteiger partial charge in [0.25, 0.3) is 0 Å². The van der Waals surface area contributed by atoms with Crippen LogP contribution in [0.15, 0.2) is 24.3 Å². The second-order valence-electron chi connectivity index (χ2n) is 7.63. The lowest BCUT2D eigenvalue weighted by Gasteiger charge is -2.23. The summed E-state index contributed by atoms with van der Waals surface area (Å²) in [7, 11) is 0. The predicted octanol–water partition coefficient (Wildman–Crippen LogP) is -1.03. The van der Waals surface area contributed by atoms with E-state index < -0.39 is 47.9 Å². The van der Waals surface area contributed by atoms with Gasteiger partial charge in [0.2, 0.25) is 17.7 Å². The third-order valence-electron chi connectivity index (χ3n) is 4.74. The number of carbonyl (C=O) groups excluding carboxylic acids is 3. The number of hydrogen-bond acceptors (Lipinski definition) is 7. The van der Waals surface area contributed by atoms with Gasteiger partial charge in [0.05, 0.1) is 6.04 Å². The first-order valence-corrected chi connectivity index (χ1v) is 10.4. The topological polar surface area (TPSA) is 197 Å². The van der Waals surface area contributed by atoms with E-state index in [0.29, 0.717) is 24.9 Å². The number of hydrogen-bond donors (Lipinski definition) is 7. The zero-order valence-corrected chi connectivity index (χ0v) is 18.3. The number of aromatic hydroxyl groups is 1. The lowest BCUT2D eigenvalue weighted by Crippen LogP contribution is -2.56. The second-order valence-corrected chi connectivity index (χ2v) is 7.63. The Morgan fingerprint density at radius 1 is 0.906 bits per heavy atom. The van der Waals surface area contributed by atoms with E-state index in [2.05, 4.69) is 16.0 Å². The maximum Gasteiger partial charge on any atom is 0.326 e. The van der Waals surface area contributed by atoms with Crippen LogP contribution in [0.2, 0.25) is 0 Å². The minimum Gasteiger partial charge on any atom is -0.508 e. The SMILES string of the molecule is CC(N)C(=O)NC(Cc1ccc(O)cc1)C(=O)NC(C)C(=O)NC(CCCCN)C(=O)O. The number of carboxylic acids is 1. The van der Waals surface area contributed by atoms with E-state index in [9.17, 15) is 29.4 Å². The Morgan fingerprint density at radius 2 is 1.50 bits per heavy atom. The molecule has 0 saturated carbocycles. The highest BCUT2D eigenvalue weighted by Gasteiger charge is 2.27. The highest BCUT2D eigenvalue weighted by atomic mass is 16.4. The van der Waals surface area contributed by atoms with E-state index in [4.69, 9.17) is 11.5 Å². The van der Waals surface area contributed by atoms with Crippen molar-refractivity contribution in [1.29, 1.82) is 0 Å². The van der Waals surface area contributed by atoms with E-state index in [1.807, 2.05) is 0 Å². The van der Waals surface area contributed by atoms with E-state index in [1.54, 1.807) is 12.1 Å². The van der Waals surface area contributed by atoms with Crippen molar-refractivity contribution in [3.63, 3.8) is 0 Å². The smallest absolute Gasteiger partial charge is 0.326 e. The number of aliphatic carboxylic acids is 1. The van der Waals surface area contributed by atoms with Gasteiger partial charge in [-0.15, -0.1) is 0 Å². The van der Waals surface area contributed by atoms with Gasteiger partial charge in [-0.05, 0) is 57.4 Å². The minimum atomic E-state index is -1.18. The fourth-order valence-corrected chi connectivity index (χ4v) is 2.81. The van der Waals surface area contributed by atoms with Gasteiger partial charge in [0, 0.05) is 6.42 Å². The van der Waals surface area contributed by atoms with Crippen LogP contribution in [0.5, 0.6) is 5.75 Å². The van der Waals surface area contributed by atoms with Crippen molar-refractivity contribution in [3.05, 3.63) is 29.8 Å². The highest BCUT2D eigenvalue weighted by Crippen LogP contribution is 2.12. The number of nitrogens with two attached hydrogens (primary N) is 2. The third-order valence-corrected chi connectivity index (χ3v) is 4.74.